The second kappa shape index (κ2) is 8.53. The quantitative estimate of drug-likeness (QED) is 0.556. The van der Waals surface area contributed by atoms with Gasteiger partial charge < -0.3 is 25.8 Å². The van der Waals surface area contributed by atoms with Crippen molar-refractivity contribution in [2.75, 3.05) is 36.5 Å². The highest BCUT2D eigenvalue weighted by molar-refractivity contribution is 6.31. The van der Waals surface area contributed by atoms with Crippen LogP contribution in [-0.4, -0.2) is 54.3 Å². The van der Waals surface area contributed by atoms with Gasteiger partial charge in [0.05, 0.1) is 12.7 Å². The Kier molecular flexibility index (Phi) is 5.58. The zero-order valence-corrected chi connectivity index (χ0v) is 18.0. The number of carbonyl (C=O) groups is 2. The summed E-state index contributed by atoms with van der Waals surface area (Å²) in [5.74, 6) is 0.697. The van der Waals surface area contributed by atoms with Crippen molar-refractivity contribution >= 4 is 35.2 Å². The first-order chi connectivity index (χ1) is 15.5. The van der Waals surface area contributed by atoms with Crippen molar-refractivity contribution in [3.63, 3.8) is 0 Å². The molecule has 3 unspecified atom stereocenters. The molecule has 3 heterocycles. The van der Waals surface area contributed by atoms with Crippen molar-refractivity contribution in [1.29, 1.82) is 0 Å². The highest BCUT2D eigenvalue weighted by Crippen LogP contribution is 2.37. The molecule has 1 aromatic heterocycles. The molecule has 2 aliphatic heterocycles. The second-order valence-corrected chi connectivity index (χ2v) is 8.53. The van der Waals surface area contributed by atoms with Crippen molar-refractivity contribution in [1.82, 2.24) is 15.3 Å². The van der Waals surface area contributed by atoms with Crippen molar-refractivity contribution in [2.45, 2.75) is 25.0 Å². The lowest BCUT2D eigenvalue weighted by Gasteiger charge is -2.18. The average molecular weight is 459 g/mol. The number of rotatable bonds is 6. The number of aromatic nitrogens is 2. The first-order valence-corrected chi connectivity index (χ1v) is 10.9. The van der Waals surface area contributed by atoms with Crippen molar-refractivity contribution in [3.8, 4) is 5.88 Å². The van der Waals surface area contributed by atoms with Gasteiger partial charge in [-0.25, -0.2) is 14.8 Å². The molecule has 10 nitrogen and oxygen atoms in total. The van der Waals surface area contributed by atoms with E-state index in [2.05, 4.69) is 20.6 Å². The van der Waals surface area contributed by atoms with E-state index in [1.807, 2.05) is 18.2 Å². The van der Waals surface area contributed by atoms with Crippen LogP contribution in [0.25, 0.3) is 0 Å². The number of amides is 2. The molecule has 2 aromatic rings. The second-order valence-electron chi connectivity index (χ2n) is 8.13. The molecular formula is C21H23ClN6O4. The third-order valence-electron chi connectivity index (χ3n) is 6.01. The number of hydrogen-bond acceptors (Lipinski definition) is 8. The average Bonchev–Trinajstić information content (AvgIpc) is 3.31. The maximum Gasteiger partial charge on any atom is 0.415 e. The summed E-state index contributed by atoms with van der Waals surface area (Å²) in [5, 5.41) is 6.79. The van der Waals surface area contributed by atoms with Gasteiger partial charge in [0.2, 0.25) is 0 Å². The van der Waals surface area contributed by atoms with Crippen LogP contribution < -0.4 is 26.0 Å². The predicted molar refractivity (Wildman–Crippen MR) is 117 cm³/mol. The number of carbonyl (C=O) groups excluding carboxylic acids is 2. The lowest BCUT2D eigenvalue weighted by Crippen LogP contribution is -2.32. The van der Waals surface area contributed by atoms with E-state index in [0.29, 0.717) is 25.3 Å². The van der Waals surface area contributed by atoms with Gasteiger partial charge in [0.15, 0.2) is 18.2 Å². The summed E-state index contributed by atoms with van der Waals surface area (Å²) in [6, 6.07) is 5.84. The Bertz CT molecular complexity index is 1070. The van der Waals surface area contributed by atoms with Gasteiger partial charge in [-0.3, -0.25) is 9.69 Å². The van der Waals surface area contributed by atoms with E-state index in [1.165, 1.54) is 11.1 Å². The topological polar surface area (TPSA) is 132 Å². The fraction of sp³-hybridized carbons (Fsp3) is 0.429. The van der Waals surface area contributed by atoms with Gasteiger partial charge in [-0.2, -0.15) is 0 Å². The maximum atomic E-state index is 12.3. The van der Waals surface area contributed by atoms with E-state index in [0.717, 1.165) is 29.1 Å². The van der Waals surface area contributed by atoms with Crippen LogP contribution in [0, 0.1) is 5.92 Å². The first-order valence-electron chi connectivity index (χ1n) is 10.5. The fourth-order valence-electron chi connectivity index (χ4n) is 4.34. The number of fused-ring (bicyclic) bond motifs is 2. The first kappa shape index (κ1) is 20.9. The monoisotopic (exact) mass is 458 g/mol. The fourth-order valence-corrected chi connectivity index (χ4v) is 4.60. The minimum Gasteiger partial charge on any atom is -0.465 e. The van der Waals surface area contributed by atoms with Crippen molar-refractivity contribution < 1.29 is 19.1 Å². The molecule has 1 aromatic carbocycles. The Morgan fingerprint density at radius 2 is 2.22 bits per heavy atom. The van der Waals surface area contributed by atoms with Gasteiger partial charge in [-0.15, -0.1) is 0 Å². The van der Waals surface area contributed by atoms with Crippen LogP contribution in [0.3, 0.4) is 0 Å². The summed E-state index contributed by atoms with van der Waals surface area (Å²) >= 11 is 6.31. The van der Waals surface area contributed by atoms with Crippen LogP contribution in [-0.2, 0) is 16.0 Å². The maximum absolute atomic E-state index is 12.3. The Balaban J connectivity index is 1.12. The molecular weight excluding hydrogens is 436 g/mol. The van der Waals surface area contributed by atoms with Crippen LogP contribution in [0.1, 0.15) is 23.6 Å². The molecule has 32 heavy (non-hydrogen) atoms. The number of ether oxygens (including phenoxy) is 2. The van der Waals surface area contributed by atoms with E-state index in [1.54, 1.807) is 0 Å². The Labute approximate surface area is 189 Å². The molecule has 11 heteroatoms. The Morgan fingerprint density at radius 1 is 1.34 bits per heavy atom. The summed E-state index contributed by atoms with van der Waals surface area (Å²) in [6.07, 6.45) is 2.17. The van der Waals surface area contributed by atoms with Crippen LogP contribution in [0.4, 0.5) is 16.4 Å². The van der Waals surface area contributed by atoms with Gasteiger partial charge in [0, 0.05) is 17.6 Å². The number of cyclic esters (lactones) is 1. The predicted octanol–water partition coefficient (Wildman–Crippen LogP) is 1.64. The number of hydrogen-bond donors (Lipinski definition) is 3. The minimum absolute atomic E-state index is 0.0388. The van der Waals surface area contributed by atoms with E-state index in [-0.39, 0.29) is 42.3 Å². The number of halogens is 1. The van der Waals surface area contributed by atoms with E-state index in [9.17, 15) is 9.59 Å². The van der Waals surface area contributed by atoms with Crippen LogP contribution in [0.2, 0.25) is 5.02 Å². The van der Waals surface area contributed by atoms with Crippen molar-refractivity contribution in [2.24, 2.45) is 11.7 Å². The molecule has 0 bridgehead atoms. The molecule has 0 spiro atoms. The highest BCUT2D eigenvalue weighted by atomic mass is 35.5. The molecule has 168 valence electrons. The third kappa shape index (κ3) is 3.96. The van der Waals surface area contributed by atoms with Crippen molar-refractivity contribution in [3.05, 3.63) is 40.5 Å². The van der Waals surface area contributed by atoms with E-state index in [4.69, 9.17) is 26.8 Å². The lowest BCUT2D eigenvalue weighted by molar-refractivity contribution is -0.118. The molecule has 1 aliphatic carbocycles. The number of anilines is 2. The zero-order valence-electron chi connectivity index (χ0n) is 17.2. The van der Waals surface area contributed by atoms with Crippen LogP contribution >= 0.6 is 11.6 Å². The number of nitrogens with one attached hydrogen (secondary N) is 2. The van der Waals surface area contributed by atoms with Crippen LogP contribution in [0.5, 0.6) is 5.88 Å². The zero-order chi connectivity index (χ0) is 22.2. The Morgan fingerprint density at radius 3 is 3.06 bits per heavy atom. The van der Waals surface area contributed by atoms with Gasteiger partial charge in [-0.1, -0.05) is 23.7 Å². The number of benzene rings is 1. The normalized spacial score (nSPS) is 23.9. The van der Waals surface area contributed by atoms with Gasteiger partial charge in [-0.05, 0) is 42.5 Å². The summed E-state index contributed by atoms with van der Waals surface area (Å²) in [7, 11) is 0. The lowest BCUT2D eigenvalue weighted by atomic mass is 10.0. The number of nitrogens with two attached hydrogens (primary N) is 1. The molecule has 0 radical (unpaired) electrons. The molecule has 1 fully saturated rings. The smallest absolute Gasteiger partial charge is 0.415 e. The molecule has 0 saturated carbocycles. The number of nitrogens with zero attached hydrogens (tertiary/aromatic N) is 3. The van der Waals surface area contributed by atoms with E-state index < -0.39 is 6.09 Å². The standard InChI is InChI=1S/C21H23ClN6O4/c22-15-3-1-2-13-14(15)6-11(18(13)23)7-24-5-4-12-9-28(21(30)32-12)16-8-25-20-19(26-16)27-17(29)10-31-20/h1-3,8,11-12,18,24H,4-7,9-10,23H2,(H,26,27,29). The van der Waals surface area contributed by atoms with Gasteiger partial charge in [0.25, 0.3) is 11.8 Å². The Hall–Kier alpha value is -2.95. The summed E-state index contributed by atoms with van der Waals surface area (Å²) in [4.78, 5) is 33.6. The summed E-state index contributed by atoms with van der Waals surface area (Å²) in [6.45, 7) is 1.69. The third-order valence-corrected chi connectivity index (χ3v) is 6.37. The highest BCUT2D eigenvalue weighted by Gasteiger charge is 2.35. The molecule has 4 N–H and O–H groups in total. The SMILES string of the molecule is NC1c2cccc(Cl)c2CC1CNCCC1CN(c2cnc3c(n2)NC(=O)CO3)C(=O)O1. The molecule has 3 atom stereocenters. The summed E-state index contributed by atoms with van der Waals surface area (Å²) in [5.41, 5.74) is 8.66. The largest absolute Gasteiger partial charge is 0.465 e. The van der Waals surface area contributed by atoms with Gasteiger partial charge >= 0.3 is 6.09 Å². The molecule has 3 aliphatic rings. The molecule has 2 amide bonds. The van der Waals surface area contributed by atoms with E-state index >= 15 is 0 Å². The minimum atomic E-state index is -0.491. The molecule has 5 rings (SSSR count). The van der Waals surface area contributed by atoms with Gasteiger partial charge in [0.1, 0.15) is 6.10 Å². The molecule has 1 saturated heterocycles. The van der Waals surface area contributed by atoms with Crippen LogP contribution in [0.15, 0.2) is 24.4 Å². The summed E-state index contributed by atoms with van der Waals surface area (Å²) < 4.78 is 10.7.